The van der Waals surface area contributed by atoms with Crippen molar-refractivity contribution in [3.63, 3.8) is 0 Å². The zero-order valence-corrected chi connectivity index (χ0v) is 9.76. The molecule has 0 radical (unpaired) electrons. The molecule has 5 nitrogen and oxygen atoms in total. The van der Waals surface area contributed by atoms with Gasteiger partial charge in [-0.2, -0.15) is 0 Å². The largest absolute Gasteiger partial charge is 0.479 e. The number of ether oxygens (including phenoxy) is 2. The molecule has 1 aliphatic rings. The molecule has 5 heteroatoms. The summed E-state index contributed by atoms with van der Waals surface area (Å²) in [6, 6.07) is 0. The molecule has 1 rings (SSSR count). The summed E-state index contributed by atoms with van der Waals surface area (Å²) in [7, 11) is 0. The zero-order valence-electron chi connectivity index (χ0n) is 9.76. The average molecular weight is 232 g/mol. The van der Waals surface area contributed by atoms with E-state index in [0.29, 0.717) is 13.2 Å². The van der Waals surface area contributed by atoms with Gasteiger partial charge in [0.1, 0.15) is 0 Å². The van der Waals surface area contributed by atoms with Crippen LogP contribution in [0.25, 0.3) is 0 Å². The second kappa shape index (κ2) is 6.18. The number of hydrogen-bond acceptors (Lipinski definition) is 4. The molecule has 4 atom stereocenters. The van der Waals surface area contributed by atoms with Gasteiger partial charge >= 0.3 is 5.97 Å². The number of carboxylic acids is 1. The molecule has 0 aromatic carbocycles. The molecular weight excluding hydrogens is 212 g/mol. The molecule has 0 amide bonds. The van der Waals surface area contributed by atoms with Crippen molar-refractivity contribution in [3.05, 3.63) is 0 Å². The first-order valence-electron chi connectivity index (χ1n) is 5.66. The summed E-state index contributed by atoms with van der Waals surface area (Å²) in [5, 5.41) is 18.4. The van der Waals surface area contributed by atoms with Crippen molar-refractivity contribution in [1.29, 1.82) is 0 Å². The summed E-state index contributed by atoms with van der Waals surface area (Å²) in [6.07, 6.45) is -0.385. The molecule has 4 unspecified atom stereocenters. The van der Waals surface area contributed by atoms with Crippen LogP contribution in [0.2, 0.25) is 0 Å². The molecule has 1 aliphatic heterocycles. The van der Waals surface area contributed by atoms with Crippen molar-refractivity contribution in [3.8, 4) is 0 Å². The Kier molecular flexibility index (Phi) is 5.18. The van der Waals surface area contributed by atoms with Crippen molar-refractivity contribution in [2.24, 2.45) is 5.92 Å². The number of aliphatic carboxylic acids is 1. The fourth-order valence-corrected chi connectivity index (χ4v) is 1.72. The molecular formula is C11H20O5. The zero-order chi connectivity index (χ0) is 12.1. The second-order valence-corrected chi connectivity index (χ2v) is 4.32. The Labute approximate surface area is 95.4 Å². The Hall–Kier alpha value is -0.650. The van der Waals surface area contributed by atoms with Gasteiger partial charge in [0.15, 0.2) is 6.10 Å². The Morgan fingerprint density at radius 2 is 2.19 bits per heavy atom. The van der Waals surface area contributed by atoms with E-state index in [9.17, 15) is 9.90 Å². The Balaban J connectivity index is 2.55. The minimum atomic E-state index is -0.983. The van der Waals surface area contributed by atoms with Gasteiger partial charge in [0.25, 0.3) is 0 Å². The number of carboxylic acid groups (broad SMARTS) is 1. The normalized spacial score (nSPS) is 27.1. The van der Waals surface area contributed by atoms with Crippen LogP contribution in [0.1, 0.15) is 26.7 Å². The highest BCUT2D eigenvalue weighted by Gasteiger charge is 2.32. The lowest BCUT2D eigenvalue weighted by Gasteiger charge is -2.30. The van der Waals surface area contributed by atoms with E-state index in [0.717, 1.165) is 12.8 Å². The van der Waals surface area contributed by atoms with E-state index in [-0.39, 0.29) is 5.92 Å². The monoisotopic (exact) mass is 232 g/mol. The summed E-state index contributed by atoms with van der Waals surface area (Å²) < 4.78 is 10.6. The fourth-order valence-electron chi connectivity index (χ4n) is 1.72. The molecule has 0 aromatic heterocycles. The van der Waals surface area contributed by atoms with E-state index in [4.69, 9.17) is 14.6 Å². The topological polar surface area (TPSA) is 76.0 Å². The number of hydrogen-bond donors (Lipinski definition) is 2. The van der Waals surface area contributed by atoms with Crippen molar-refractivity contribution >= 4 is 5.97 Å². The molecule has 0 bridgehead atoms. The molecule has 1 heterocycles. The minimum absolute atomic E-state index is 0.118. The third-order valence-electron chi connectivity index (χ3n) is 2.91. The lowest BCUT2D eigenvalue weighted by Crippen LogP contribution is -2.41. The highest BCUT2D eigenvalue weighted by atomic mass is 16.5. The van der Waals surface area contributed by atoms with Crippen LogP contribution in [0, 0.1) is 5.92 Å². The highest BCUT2D eigenvalue weighted by Crippen LogP contribution is 2.21. The Morgan fingerprint density at radius 1 is 1.50 bits per heavy atom. The molecule has 1 saturated heterocycles. The van der Waals surface area contributed by atoms with Crippen LogP contribution in [0.15, 0.2) is 0 Å². The van der Waals surface area contributed by atoms with Gasteiger partial charge in [0.2, 0.25) is 0 Å². The van der Waals surface area contributed by atoms with Crippen molar-refractivity contribution in [1.82, 2.24) is 0 Å². The Bertz CT molecular complexity index is 222. The predicted octanol–water partition coefficient (Wildman–Crippen LogP) is 0.652. The predicted molar refractivity (Wildman–Crippen MR) is 57.2 cm³/mol. The standard InChI is InChI=1S/C11H20O5/c1-7(12)8(2)16-10(11(13)14)9-4-3-5-15-6-9/h7-10,12H,3-6H2,1-2H3,(H,13,14). The van der Waals surface area contributed by atoms with Gasteiger partial charge in [0.05, 0.1) is 18.8 Å². The molecule has 0 spiro atoms. The van der Waals surface area contributed by atoms with Crippen LogP contribution >= 0.6 is 0 Å². The smallest absolute Gasteiger partial charge is 0.333 e. The third kappa shape index (κ3) is 3.73. The molecule has 0 aromatic rings. The van der Waals surface area contributed by atoms with E-state index >= 15 is 0 Å². The van der Waals surface area contributed by atoms with E-state index in [1.807, 2.05) is 0 Å². The molecule has 1 fully saturated rings. The van der Waals surface area contributed by atoms with Crippen LogP contribution in [0.4, 0.5) is 0 Å². The number of aliphatic hydroxyl groups is 1. The third-order valence-corrected chi connectivity index (χ3v) is 2.91. The van der Waals surface area contributed by atoms with E-state index in [1.54, 1.807) is 13.8 Å². The van der Waals surface area contributed by atoms with E-state index < -0.39 is 24.3 Å². The van der Waals surface area contributed by atoms with Gasteiger partial charge < -0.3 is 19.7 Å². The summed E-state index contributed by atoms with van der Waals surface area (Å²) >= 11 is 0. The van der Waals surface area contributed by atoms with Gasteiger partial charge in [0, 0.05) is 12.5 Å². The highest BCUT2D eigenvalue weighted by molar-refractivity contribution is 5.72. The lowest BCUT2D eigenvalue weighted by molar-refractivity contribution is -0.168. The van der Waals surface area contributed by atoms with Gasteiger partial charge in [-0.05, 0) is 26.7 Å². The first-order valence-corrected chi connectivity index (χ1v) is 5.66. The lowest BCUT2D eigenvalue weighted by atomic mass is 9.95. The maximum Gasteiger partial charge on any atom is 0.333 e. The summed E-state index contributed by atoms with van der Waals surface area (Å²) in [5.74, 6) is -1.10. The Morgan fingerprint density at radius 3 is 2.62 bits per heavy atom. The minimum Gasteiger partial charge on any atom is -0.479 e. The average Bonchev–Trinajstić information content (AvgIpc) is 2.26. The van der Waals surface area contributed by atoms with Crippen molar-refractivity contribution in [2.75, 3.05) is 13.2 Å². The second-order valence-electron chi connectivity index (χ2n) is 4.32. The molecule has 94 valence electrons. The molecule has 2 N–H and O–H groups in total. The maximum absolute atomic E-state index is 11.1. The first kappa shape index (κ1) is 13.4. The quantitative estimate of drug-likeness (QED) is 0.728. The molecule has 0 aliphatic carbocycles. The summed E-state index contributed by atoms with van der Waals surface area (Å²) in [6.45, 7) is 4.36. The van der Waals surface area contributed by atoms with Gasteiger partial charge in [-0.3, -0.25) is 0 Å². The first-order chi connectivity index (χ1) is 7.52. The van der Waals surface area contributed by atoms with Crippen LogP contribution in [0.3, 0.4) is 0 Å². The van der Waals surface area contributed by atoms with Gasteiger partial charge in [-0.1, -0.05) is 0 Å². The van der Waals surface area contributed by atoms with Crippen LogP contribution in [-0.2, 0) is 14.3 Å². The number of carbonyl (C=O) groups is 1. The van der Waals surface area contributed by atoms with E-state index in [1.165, 1.54) is 0 Å². The van der Waals surface area contributed by atoms with Crippen LogP contribution < -0.4 is 0 Å². The molecule has 16 heavy (non-hydrogen) atoms. The van der Waals surface area contributed by atoms with Crippen molar-refractivity contribution in [2.45, 2.75) is 45.0 Å². The number of rotatable bonds is 5. The van der Waals surface area contributed by atoms with Gasteiger partial charge in [-0.15, -0.1) is 0 Å². The fraction of sp³-hybridized carbons (Fsp3) is 0.909. The SMILES string of the molecule is CC(O)C(C)OC(C(=O)O)C1CCCOC1. The summed E-state index contributed by atoms with van der Waals surface area (Å²) in [4.78, 5) is 11.1. The number of aliphatic hydroxyl groups excluding tert-OH is 1. The van der Waals surface area contributed by atoms with Gasteiger partial charge in [-0.25, -0.2) is 4.79 Å². The summed E-state index contributed by atoms with van der Waals surface area (Å²) in [5.41, 5.74) is 0. The van der Waals surface area contributed by atoms with E-state index in [2.05, 4.69) is 0 Å². The van der Waals surface area contributed by atoms with Crippen LogP contribution in [-0.4, -0.2) is 47.7 Å². The van der Waals surface area contributed by atoms with Crippen LogP contribution in [0.5, 0.6) is 0 Å². The molecule has 0 saturated carbocycles. The maximum atomic E-state index is 11.1. The van der Waals surface area contributed by atoms with Crippen molar-refractivity contribution < 1.29 is 24.5 Å².